The lowest BCUT2D eigenvalue weighted by atomic mass is 10.1. The van der Waals surface area contributed by atoms with Crippen LogP contribution in [0.5, 0.6) is 0 Å². The molecule has 6 nitrogen and oxygen atoms in total. The highest BCUT2D eigenvalue weighted by Crippen LogP contribution is 2.19. The molecule has 0 spiro atoms. The first kappa shape index (κ1) is 15.9. The van der Waals surface area contributed by atoms with E-state index in [1.165, 1.54) is 12.1 Å². The summed E-state index contributed by atoms with van der Waals surface area (Å²) in [6, 6.07) is 18.0. The molecule has 0 saturated carbocycles. The van der Waals surface area contributed by atoms with Crippen molar-refractivity contribution in [2.75, 3.05) is 5.32 Å². The van der Waals surface area contributed by atoms with Crippen molar-refractivity contribution in [2.45, 2.75) is 6.54 Å². The van der Waals surface area contributed by atoms with Crippen LogP contribution < -0.4 is 5.32 Å². The van der Waals surface area contributed by atoms with Crippen LogP contribution >= 0.6 is 0 Å². The smallest absolute Gasteiger partial charge is 0.243 e. The standard InChI is InChI=1S/C19H15FN6/c20-15-8-6-14(7-9-15)18-12-22-26-19(23-18)21-11-16-10-17(25-24-16)13-4-2-1-3-5-13/h1-10,12H,11H2,(H,24,25)(H,21,23,26). The second-order valence-electron chi connectivity index (χ2n) is 5.66. The zero-order chi connectivity index (χ0) is 17.8. The van der Waals surface area contributed by atoms with Gasteiger partial charge < -0.3 is 5.32 Å². The van der Waals surface area contributed by atoms with E-state index in [1.54, 1.807) is 18.3 Å². The molecule has 128 valence electrons. The van der Waals surface area contributed by atoms with Gasteiger partial charge in [0.2, 0.25) is 5.95 Å². The molecule has 0 aliphatic carbocycles. The molecule has 2 aromatic carbocycles. The van der Waals surface area contributed by atoms with Crippen molar-refractivity contribution in [1.29, 1.82) is 0 Å². The molecule has 2 aromatic heterocycles. The summed E-state index contributed by atoms with van der Waals surface area (Å²) >= 11 is 0. The average Bonchev–Trinajstić information content (AvgIpc) is 3.17. The van der Waals surface area contributed by atoms with Gasteiger partial charge >= 0.3 is 0 Å². The second-order valence-corrected chi connectivity index (χ2v) is 5.66. The molecule has 7 heteroatoms. The predicted molar refractivity (Wildman–Crippen MR) is 96.6 cm³/mol. The highest BCUT2D eigenvalue weighted by Gasteiger charge is 2.06. The minimum Gasteiger partial charge on any atom is -0.347 e. The summed E-state index contributed by atoms with van der Waals surface area (Å²) in [4.78, 5) is 4.41. The molecule has 0 atom stereocenters. The molecule has 2 N–H and O–H groups in total. The van der Waals surface area contributed by atoms with Crippen molar-refractivity contribution in [1.82, 2.24) is 25.4 Å². The van der Waals surface area contributed by atoms with Gasteiger partial charge in [-0.2, -0.15) is 10.2 Å². The van der Waals surface area contributed by atoms with E-state index < -0.39 is 0 Å². The van der Waals surface area contributed by atoms with Gasteiger partial charge in [-0.3, -0.25) is 5.10 Å². The van der Waals surface area contributed by atoms with Gasteiger partial charge in [-0.05, 0) is 35.9 Å². The Hall–Kier alpha value is -3.61. The van der Waals surface area contributed by atoms with Crippen molar-refractivity contribution >= 4 is 5.95 Å². The monoisotopic (exact) mass is 346 g/mol. The van der Waals surface area contributed by atoms with Crippen LogP contribution in [0.25, 0.3) is 22.5 Å². The Kier molecular flexibility index (Phi) is 4.34. The number of aromatic nitrogens is 5. The van der Waals surface area contributed by atoms with Gasteiger partial charge in [0.05, 0.1) is 29.8 Å². The van der Waals surface area contributed by atoms with Gasteiger partial charge in [0.15, 0.2) is 0 Å². The molecule has 0 radical (unpaired) electrons. The van der Waals surface area contributed by atoms with E-state index in [2.05, 4.69) is 30.7 Å². The lowest BCUT2D eigenvalue weighted by molar-refractivity contribution is 0.628. The Morgan fingerprint density at radius 3 is 2.58 bits per heavy atom. The van der Waals surface area contributed by atoms with Gasteiger partial charge in [0.25, 0.3) is 0 Å². The Morgan fingerprint density at radius 2 is 1.77 bits per heavy atom. The molecular formula is C19H15FN6. The summed E-state index contributed by atoms with van der Waals surface area (Å²) < 4.78 is 13.0. The number of hydrogen-bond donors (Lipinski definition) is 2. The first-order valence-electron chi connectivity index (χ1n) is 8.07. The Morgan fingerprint density at radius 1 is 0.962 bits per heavy atom. The maximum absolute atomic E-state index is 13.0. The van der Waals surface area contributed by atoms with E-state index in [9.17, 15) is 4.39 Å². The predicted octanol–water partition coefficient (Wildman–Crippen LogP) is 3.68. The molecule has 0 bridgehead atoms. The van der Waals surface area contributed by atoms with Crippen LogP contribution in [-0.4, -0.2) is 25.4 Å². The average molecular weight is 346 g/mol. The summed E-state index contributed by atoms with van der Waals surface area (Å²) in [6.45, 7) is 0.456. The molecule has 0 unspecified atom stereocenters. The SMILES string of the molecule is Fc1ccc(-c2cnnc(NCc3cc(-c4ccccc4)[nH]n3)n2)cc1. The maximum Gasteiger partial charge on any atom is 0.243 e. The third kappa shape index (κ3) is 3.56. The van der Waals surface area contributed by atoms with Crippen LogP contribution in [0.4, 0.5) is 10.3 Å². The van der Waals surface area contributed by atoms with Crippen molar-refractivity contribution in [3.05, 3.63) is 78.4 Å². The summed E-state index contributed by atoms with van der Waals surface area (Å²) in [6.07, 6.45) is 1.54. The number of H-pyrrole nitrogens is 1. The number of rotatable bonds is 5. The molecule has 0 fully saturated rings. The van der Waals surface area contributed by atoms with Gasteiger partial charge in [0, 0.05) is 5.56 Å². The second kappa shape index (κ2) is 7.10. The van der Waals surface area contributed by atoms with Gasteiger partial charge in [0.1, 0.15) is 5.82 Å². The number of anilines is 1. The zero-order valence-corrected chi connectivity index (χ0v) is 13.7. The van der Waals surface area contributed by atoms with Crippen molar-refractivity contribution in [2.24, 2.45) is 0 Å². The largest absolute Gasteiger partial charge is 0.347 e. The highest BCUT2D eigenvalue weighted by molar-refractivity contribution is 5.60. The van der Waals surface area contributed by atoms with E-state index in [0.717, 1.165) is 22.5 Å². The van der Waals surface area contributed by atoms with E-state index in [-0.39, 0.29) is 5.82 Å². The number of aromatic amines is 1. The zero-order valence-electron chi connectivity index (χ0n) is 13.7. The van der Waals surface area contributed by atoms with Crippen LogP contribution in [0.3, 0.4) is 0 Å². The molecule has 0 amide bonds. The molecule has 26 heavy (non-hydrogen) atoms. The topological polar surface area (TPSA) is 79.4 Å². The molecule has 2 heterocycles. The van der Waals surface area contributed by atoms with Crippen LogP contribution in [0.15, 0.2) is 66.9 Å². The number of hydrogen-bond acceptors (Lipinski definition) is 5. The third-order valence-electron chi connectivity index (χ3n) is 3.84. The van der Waals surface area contributed by atoms with E-state index >= 15 is 0 Å². The minimum absolute atomic E-state index is 0.290. The minimum atomic E-state index is -0.290. The van der Waals surface area contributed by atoms with Gasteiger partial charge in [-0.25, -0.2) is 9.37 Å². The molecule has 4 aromatic rings. The fourth-order valence-electron chi connectivity index (χ4n) is 2.53. The van der Waals surface area contributed by atoms with Crippen molar-refractivity contribution in [3.63, 3.8) is 0 Å². The quantitative estimate of drug-likeness (QED) is 0.576. The van der Waals surface area contributed by atoms with Crippen LogP contribution in [0.1, 0.15) is 5.69 Å². The Bertz CT molecular complexity index is 998. The van der Waals surface area contributed by atoms with Gasteiger partial charge in [-0.1, -0.05) is 30.3 Å². The highest BCUT2D eigenvalue weighted by atomic mass is 19.1. The molecule has 0 saturated heterocycles. The fourth-order valence-corrected chi connectivity index (χ4v) is 2.53. The lowest BCUT2D eigenvalue weighted by Gasteiger charge is -2.04. The van der Waals surface area contributed by atoms with Crippen LogP contribution in [0, 0.1) is 5.82 Å². The summed E-state index contributed by atoms with van der Waals surface area (Å²) in [5.41, 5.74) is 4.24. The Balaban J connectivity index is 1.46. The first-order chi connectivity index (χ1) is 12.8. The van der Waals surface area contributed by atoms with Crippen LogP contribution in [0.2, 0.25) is 0 Å². The van der Waals surface area contributed by atoms with E-state index in [1.807, 2.05) is 36.4 Å². The molecule has 0 aliphatic heterocycles. The maximum atomic E-state index is 13.0. The number of benzene rings is 2. The first-order valence-corrected chi connectivity index (χ1v) is 8.07. The Labute approximate surface area is 149 Å². The van der Waals surface area contributed by atoms with E-state index in [0.29, 0.717) is 18.2 Å². The van der Waals surface area contributed by atoms with Gasteiger partial charge in [-0.15, -0.1) is 5.10 Å². The summed E-state index contributed by atoms with van der Waals surface area (Å²) in [5.74, 6) is 0.0953. The molecule has 0 aliphatic rings. The van der Waals surface area contributed by atoms with Crippen molar-refractivity contribution < 1.29 is 4.39 Å². The number of nitrogens with zero attached hydrogens (tertiary/aromatic N) is 4. The van der Waals surface area contributed by atoms with E-state index in [4.69, 9.17) is 0 Å². The van der Waals surface area contributed by atoms with Crippen molar-refractivity contribution in [3.8, 4) is 22.5 Å². The summed E-state index contributed by atoms with van der Waals surface area (Å²) in [7, 11) is 0. The normalized spacial score (nSPS) is 10.7. The number of halogens is 1. The molecule has 4 rings (SSSR count). The summed E-state index contributed by atoms with van der Waals surface area (Å²) in [5, 5.41) is 18.3. The fraction of sp³-hybridized carbons (Fsp3) is 0.0526. The van der Waals surface area contributed by atoms with Crippen LogP contribution in [-0.2, 0) is 6.54 Å². The third-order valence-corrected chi connectivity index (χ3v) is 3.84. The number of nitrogens with one attached hydrogen (secondary N) is 2. The molecular weight excluding hydrogens is 331 g/mol. The lowest BCUT2D eigenvalue weighted by Crippen LogP contribution is -2.05.